The monoisotopic (exact) mass is 612 g/mol. The van der Waals surface area contributed by atoms with Crippen molar-refractivity contribution in [2.24, 2.45) is 5.92 Å². The zero-order valence-electron chi connectivity index (χ0n) is 31.0. The first-order valence-corrected chi connectivity index (χ1v) is 17.8. The SMILES string of the molecule is C/C=C\CC(C)C.CC(C)(C)c1ccc(C(C)(C)C)c2ccccc12.CCC(C)(C)c1ccc2cc(C(C)(C)CC)sc2c1. The van der Waals surface area contributed by atoms with Crippen LogP contribution in [0.4, 0.5) is 0 Å². The van der Waals surface area contributed by atoms with Crippen molar-refractivity contribution in [2.45, 2.75) is 145 Å². The van der Waals surface area contributed by atoms with Crippen LogP contribution in [0.1, 0.15) is 145 Å². The Morgan fingerprint density at radius 1 is 0.659 bits per heavy atom. The number of thiophene rings is 1. The third-order valence-corrected chi connectivity index (χ3v) is 10.6. The summed E-state index contributed by atoms with van der Waals surface area (Å²) in [5, 5.41) is 4.20. The molecule has 1 heterocycles. The number of rotatable bonds is 6. The first-order valence-electron chi connectivity index (χ1n) is 17.0. The van der Waals surface area contributed by atoms with Crippen LogP contribution in [0.15, 0.2) is 72.8 Å². The fraction of sp³-hybridized carbons (Fsp3) is 0.535. The molecule has 4 rings (SSSR count). The zero-order chi connectivity index (χ0) is 33.5. The molecule has 0 saturated carbocycles. The van der Waals surface area contributed by atoms with Crippen LogP contribution in [0.25, 0.3) is 20.9 Å². The number of hydrogen-bond donors (Lipinski definition) is 0. The molecule has 0 bridgehead atoms. The summed E-state index contributed by atoms with van der Waals surface area (Å²) in [5.41, 5.74) is 5.29. The summed E-state index contributed by atoms with van der Waals surface area (Å²) in [6, 6.07) is 22.8. The van der Waals surface area contributed by atoms with Crippen molar-refractivity contribution >= 4 is 32.2 Å². The van der Waals surface area contributed by atoms with E-state index in [4.69, 9.17) is 0 Å². The van der Waals surface area contributed by atoms with Crippen molar-refractivity contribution in [3.05, 3.63) is 94.4 Å². The summed E-state index contributed by atoms with van der Waals surface area (Å²) >= 11 is 1.97. The predicted octanol–water partition coefficient (Wildman–Crippen LogP) is 14.3. The second-order valence-electron chi connectivity index (χ2n) is 16.2. The fourth-order valence-corrected chi connectivity index (χ4v) is 6.45. The molecule has 0 aliphatic carbocycles. The maximum absolute atomic E-state index is 2.40. The van der Waals surface area contributed by atoms with Crippen molar-refractivity contribution in [2.75, 3.05) is 0 Å². The molecule has 242 valence electrons. The van der Waals surface area contributed by atoms with Gasteiger partial charge in [-0.2, -0.15) is 0 Å². The molecule has 0 fully saturated rings. The Morgan fingerprint density at radius 2 is 1.16 bits per heavy atom. The minimum Gasteiger partial charge on any atom is -0.140 e. The molecule has 0 atom stereocenters. The van der Waals surface area contributed by atoms with Crippen LogP contribution >= 0.6 is 11.3 Å². The molecule has 0 aliphatic rings. The maximum atomic E-state index is 2.40. The highest BCUT2D eigenvalue weighted by Crippen LogP contribution is 2.39. The van der Waals surface area contributed by atoms with Gasteiger partial charge in [0.25, 0.3) is 0 Å². The summed E-state index contributed by atoms with van der Waals surface area (Å²) in [4.78, 5) is 1.51. The highest BCUT2D eigenvalue weighted by atomic mass is 32.1. The van der Waals surface area contributed by atoms with Crippen molar-refractivity contribution in [1.82, 2.24) is 0 Å². The topological polar surface area (TPSA) is 0 Å². The quantitative estimate of drug-likeness (QED) is 0.190. The molecule has 0 amide bonds. The van der Waals surface area contributed by atoms with Gasteiger partial charge in [0.15, 0.2) is 0 Å². The highest BCUT2D eigenvalue weighted by Gasteiger charge is 2.23. The smallest absolute Gasteiger partial charge is 0.0348 e. The van der Waals surface area contributed by atoms with Gasteiger partial charge in [0.2, 0.25) is 0 Å². The number of hydrogen-bond acceptors (Lipinski definition) is 1. The maximum Gasteiger partial charge on any atom is 0.0348 e. The molecule has 0 nitrogen and oxygen atoms in total. The van der Waals surface area contributed by atoms with E-state index in [1.807, 2.05) is 11.3 Å². The van der Waals surface area contributed by atoms with Crippen LogP contribution < -0.4 is 0 Å². The van der Waals surface area contributed by atoms with Gasteiger partial charge in [0.05, 0.1) is 0 Å². The summed E-state index contributed by atoms with van der Waals surface area (Å²) in [6.07, 6.45) is 7.88. The van der Waals surface area contributed by atoms with Crippen molar-refractivity contribution in [3.63, 3.8) is 0 Å². The average molecular weight is 613 g/mol. The normalized spacial score (nSPS) is 12.8. The summed E-state index contributed by atoms with van der Waals surface area (Å²) in [7, 11) is 0. The molecule has 0 N–H and O–H groups in total. The molecule has 4 aromatic rings. The van der Waals surface area contributed by atoms with Crippen molar-refractivity contribution in [1.29, 1.82) is 0 Å². The van der Waals surface area contributed by atoms with Gasteiger partial charge in [-0.3, -0.25) is 0 Å². The molecule has 0 aliphatic heterocycles. The van der Waals surface area contributed by atoms with Gasteiger partial charge in [0, 0.05) is 9.58 Å². The Kier molecular flexibility index (Phi) is 13.1. The van der Waals surface area contributed by atoms with Crippen LogP contribution in [0.3, 0.4) is 0 Å². The lowest BCUT2D eigenvalue weighted by molar-refractivity contribution is 0.507. The lowest BCUT2D eigenvalue weighted by atomic mass is 9.78. The standard InChI is InChI=1S/C18H26S.C18H24.C7H14/c1-7-17(3,4)14-10-9-13-11-16(18(5,6)8-2)19-15(13)12-14;1-17(2,3)15-11-12-16(18(4,5)6)14-10-8-7-9-13(14)15;1-4-5-6-7(2)3/h9-12H,7-8H2,1-6H3;7-12H,1-6H3;4-5,7H,6H2,1-3H3/b;;5-4-. The minimum atomic E-state index is 0.190. The van der Waals surface area contributed by atoms with Crippen LogP contribution in [0.2, 0.25) is 0 Å². The van der Waals surface area contributed by atoms with Gasteiger partial charge in [-0.1, -0.05) is 158 Å². The molecule has 0 saturated heterocycles. The molecule has 44 heavy (non-hydrogen) atoms. The Balaban J connectivity index is 0.000000254. The zero-order valence-corrected chi connectivity index (χ0v) is 31.9. The van der Waals surface area contributed by atoms with E-state index < -0.39 is 0 Å². The number of benzene rings is 3. The average Bonchev–Trinajstić information content (AvgIpc) is 3.40. The Bertz CT molecular complexity index is 1430. The Hall–Kier alpha value is -2.38. The predicted molar refractivity (Wildman–Crippen MR) is 204 cm³/mol. The molecule has 1 heteroatoms. The highest BCUT2D eigenvalue weighted by molar-refractivity contribution is 7.19. The van der Waals surface area contributed by atoms with Crippen LogP contribution in [-0.4, -0.2) is 0 Å². The van der Waals surface area contributed by atoms with Gasteiger partial charge >= 0.3 is 0 Å². The van der Waals surface area contributed by atoms with E-state index in [0.717, 1.165) is 5.92 Å². The van der Waals surface area contributed by atoms with E-state index in [9.17, 15) is 0 Å². The van der Waals surface area contributed by atoms with E-state index >= 15 is 0 Å². The van der Waals surface area contributed by atoms with Gasteiger partial charge in [-0.15, -0.1) is 11.3 Å². The lowest BCUT2D eigenvalue weighted by Crippen LogP contribution is -2.15. The number of allylic oxidation sites excluding steroid dienone is 2. The van der Waals surface area contributed by atoms with E-state index in [1.165, 1.54) is 61.7 Å². The fourth-order valence-electron chi connectivity index (χ4n) is 5.18. The van der Waals surface area contributed by atoms with Crippen LogP contribution in [-0.2, 0) is 21.7 Å². The third-order valence-electron chi connectivity index (χ3n) is 9.12. The number of fused-ring (bicyclic) bond motifs is 2. The van der Waals surface area contributed by atoms with Crippen molar-refractivity contribution in [3.8, 4) is 0 Å². The van der Waals surface area contributed by atoms with E-state index in [1.54, 1.807) is 0 Å². The van der Waals surface area contributed by atoms with E-state index in [2.05, 4.69) is 177 Å². The lowest BCUT2D eigenvalue weighted by Gasteiger charge is -2.26. The summed E-state index contributed by atoms with van der Waals surface area (Å²) < 4.78 is 1.44. The minimum absolute atomic E-state index is 0.190. The van der Waals surface area contributed by atoms with E-state index in [0.29, 0.717) is 5.41 Å². The summed E-state index contributed by atoms with van der Waals surface area (Å²) in [5.74, 6) is 0.816. The second kappa shape index (κ2) is 15.3. The van der Waals surface area contributed by atoms with Gasteiger partial charge in [-0.05, 0) is 98.7 Å². The van der Waals surface area contributed by atoms with Gasteiger partial charge < -0.3 is 0 Å². The summed E-state index contributed by atoms with van der Waals surface area (Å²) in [6.45, 7) is 34.1. The Labute approximate surface area is 276 Å². The third kappa shape index (κ3) is 10.1. The molecule has 0 unspecified atom stereocenters. The van der Waals surface area contributed by atoms with Gasteiger partial charge in [-0.25, -0.2) is 0 Å². The Morgan fingerprint density at radius 3 is 1.55 bits per heavy atom. The first kappa shape index (κ1) is 37.8. The molecule has 1 aromatic heterocycles. The van der Waals surface area contributed by atoms with Crippen molar-refractivity contribution < 1.29 is 0 Å². The molecular formula is C43H64S. The first-order chi connectivity index (χ1) is 20.3. The van der Waals surface area contributed by atoms with E-state index in [-0.39, 0.29) is 16.2 Å². The molecule has 0 radical (unpaired) electrons. The largest absolute Gasteiger partial charge is 0.140 e. The van der Waals surface area contributed by atoms with Gasteiger partial charge in [0.1, 0.15) is 0 Å². The molecular weight excluding hydrogens is 549 g/mol. The van der Waals surface area contributed by atoms with Crippen LogP contribution in [0.5, 0.6) is 0 Å². The van der Waals surface area contributed by atoms with Crippen LogP contribution in [0, 0.1) is 5.92 Å². The molecule has 3 aromatic carbocycles. The second-order valence-corrected chi connectivity index (χ2v) is 17.3. The molecule has 0 spiro atoms.